The minimum atomic E-state index is -0.678. The van der Waals surface area contributed by atoms with E-state index in [1.54, 1.807) is 29.2 Å². The van der Waals surface area contributed by atoms with E-state index in [0.717, 1.165) is 12.8 Å². The summed E-state index contributed by atoms with van der Waals surface area (Å²) in [4.78, 5) is 37.3. The number of thiocarbonyl (C=S) groups is 1. The van der Waals surface area contributed by atoms with Crippen molar-refractivity contribution >= 4 is 51.9 Å². The van der Waals surface area contributed by atoms with E-state index < -0.39 is 10.9 Å². The number of carbonyl (C=O) groups excluding carboxylic acids is 2. The number of nitrogens with zero attached hydrogens (tertiary/aromatic N) is 2. The van der Waals surface area contributed by atoms with Crippen LogP contribution >= 0.6 is 24.0 Å². The molecule has 1 aliphatic rings. The van der Waals surface area contributed by atoms with Crippen molar-refractivity contribution in [2.45, 2.75) is 19.8 Å². The third-order valence-corrected chi connectivity index (χ3v) is 5.99. The summed E-state index contributed by atoms with van der Waals surface area (Å²) in [6.45, 7) is 2.65. The van der Waals surface area contributed by atoms with E-state index in [9.17, 15) is 19.7 Å². The zero-order valence-corrected chi connectivity index (χ0v) is 19.0. The van der Waals surface area contributed by atoms with Crippen LogP contribution in [0.5, 0.6) is 11.5 Å². The van der Waals surface area contributed by atoms with E-state index in [1.807, 2.05) is 0 Å². The topological polar surface area (TPSA) is 99.0 Å². The number of nitro benzene ring substituents is 1. The third-order valence-electron chi connectivity index (χ3n) is 4.61. The fourth-order valence-corrected chi connectivity index (χ4v) is 4.21. The van der Waals surface area contributed by atoms with E-state index >= 15 is 0 Å². The molecule has 1 aliphatic heterocycles. The molecule has 0 radical (unpaired) electrons. The molecule has 166 valence electrons. The van der Waals surface area contributed by atoms with Gasteiger partial charge in [-0.1, -0.05) is 43.4 Å². The number of hydrogen-bond donors (Lipinski definition) is 0. The molecule has 2 aromatic carbocycles. The van der Waals surface area contributed by atoms with E-state index in [4.69, 9.17) is 21.7 Å². The number of nitro groups is 1. The standard InChI is InChI=1S/C22H20N2O6S2/c1-3-4-11-23-20(25)19(32-22(23)31)13-14-5-10-17(18(12-14)29-2)30-21(26)15-6-8-16(9-7-15)24(27)28/h5-10,12-13H,3-4,11H2,1-2H3. The zero-order valence-electron chi connectivity index (χ0n) is 17.4. The molecular formula is C22H20N2O6S2. The van der Waals surface area contributed by atoms with Gasteiger partial charge in [-0.25, -0.2) is 4.79 Å². The third kappa shape index (κ3) is 5.32. The van der Waals surface area contributed by atoms with Crippen molar-refractivity contribution in [1.82, 2.24) is 4.90 Å². The van der Waals surface area contributed by atoms with Crippen molar-refractivity contribution in [3.63, 3.8) is 0 Å². The second-order valence-electron chi connectivity index (χ2n) is 6.79. The lowest BCUT2D eigenvalue weighted by Crippen LogP contribution is -2.28. The fraction of sp³-hybridized carbons (Fsp3) is 0.227. The molecule has 3 rings (SSSR count). The highest BCUT2D eigenvalue weighted by atomic mass is 32.2. The van der Waals surface area contributed by atoms with Gasteiger partial charge in [0.05, 0.1) is 22.5 Å². The van der Waals surface area contributed by atoms with Crippen molar-refractivity contribution in [1.29, 1.82) is 0 Å². The van der Waals surface area contributed by atoms with Gasteiger partial charge in [0.15, 0.2) is 11.5 Å². The molecule has 2 aromatic rings. The maximum absolute atomic E-state index is 12.6. The van der Waals surface area contributed by atoms with Crippen LogP contribution in [0.2, 0.25) is 0 Å². The Balaban J connectivity index is 1.77. The number of esters is 1. The molecule has 0 spiro atoms. The van der Waals surface area contributed by atoms with Gasteiger partial charge in [-0.05, 0) is 42.3 Å². The van der Waals surface area contributed by atoms with Crippen LogP contribution < -0.4 is 9.47 Å². The molecule has 32 heavy (non-hydrogen) atoms. The summed E-state index contributed by atoms with van der Waals surface area (Å²) in [5.74, 6) is -0.317. The van der Waals surface area contributed by atoms with Gasteiger partial charge in [0.2, 0.25) is 0 Å². The minimum absolute atomic E-state index is 0.122. The average molecular weight is 473 g/mol. The molecule has 0 saturated carbocycles. The van der Waals surface area contributed by atoms with Crippen LogP contribution in [0.3, 0.4) is 0 Å². The maximum Gasteiger partial charge on any atom is 0.343 e. The quantitative estimate of drug-likeness (QED) is 0.135. The highest BCUT2D eigenvalue weighted by Gasteiger charge is 2.31. The first-order chi connectivity index (χ1) is 15.3. The van der Waals surface area contributed by atoms with Gasteiger partial charge in [-0.15, -0.1) is 0 Å². The van der Waals surface area contributed by atoms with Crippen molar-refractivity contribution in [2.75, 3.05) is 13.7 Å². The number of rotatable bonds is 8. The zero-order chi connectivity index (χ0) is 23.3. The lowest BCUT2D eigenvalue weighted by Gasteiger charge is -2.13. The molecule has 1 heterocycles. The van der Waals surface area contributed by atoms with Crippen LogP contribution in [0.1, 0.15) is 35.7 Å². The first kappa shape index (κ1) is 23.4. The Labute approximate surface area is 194 Å². The lowest BCUT2D eigenvalue weighted by molar-refractivity contribution is -0.384. The van der Waals surface area contributed by atoms with Crippen LogP contribution in [0, 0.1) is 10.1 Å². The summed E-state index contributed by atoms with van der Waals surface area (Å²) in [5, 5.41) is 10.8. The van der Waals surface area contributed by atoms with E-state index in [2.05, 4.69) is 6.92 Å². The van der Waals surface area contributed by atoms with Crippen molar-refractivity contribution in [3.8, 4) is 11.5 Å². The van der Waals surface area contributed by atoms with E-state index in [-0.39, 0.29) is 22.9 Å². The monoisotopic (exact) mass is 472 g/mol. The number of ether oxygens (including phenoxy) is 2. The number of amides is 1. The molecule has 10 heteroatoms. The van der Waals surface area contributed by atoms with Gasteiger partial charge < -0.3 is 9.47 Å². The van der Waals surface area contributed by atoms with Crippen molar-refractivity contribution in [2.24, 2.45) is 0 Å². The minimum Gasteiger partial charge on any atom is -0.493 e. The highest BCUT2D eigenvalue weighted by Crippen LogP contribution is 2.35. The first-order valence-corrected chi connectivity index (χ1v) is 11.0. The van der Waals surface area contributed by atoms with Gasteiger partial charge in [-0.3, -0.25) is 19.8 Å². The fourth-order valence-electron chi connectivity index (χ4n) is 2.90. The Kier molecular flexibility index (Phi) is 7.60. The second kappa shape index (κ2) is 10.4. The van der Waals surface area contributed by atoms with Crippen LogP contribution in [0.4, 0.5) is 5.69 Å². The predicted molar refractivity (Wildman–Crippen MR) is 126 cm³/mol. The van der Waals surface area contributed by atoms with E-state index in [1.165, 1.54) is 43.1 Å². The molecule has 8 nitrogen and oxygen atoms in total. The Morgan fingerprint density at radius 2 is 1.94 bits per heavy atom. The summed E-state index contributed by atoms with van der Waals surface area (Å²) in [7, 11) is 1.44. The maximum atomic E-state index is 12.6. The summed E-state index contributed by atoms with van der Waals surface area (Å²) in [6, 6.07) is 10.0. The second-order valence-corrected chi connectivity index (χ2v) is 8.47. The Morgan fingerprint density at radius 3 is 2.56 bits per heavy atom. The molecule has 1 fully saturated rings. The van der Waals surface area contributed by atoms with Crippen LogP contribution in [-0.2, 0) is 4.79 Å². The number of thioether (sulfide) groups is 1. The number of unbranched alkanes of at least 4 members (excludes halogenated alkanes) is 1. The summed E-state index contributed by atoms with van der Waals surface area (Å²) < 4.78 is 11.3. The Morgan fingerprint density at radius 1 is 1.22 bits per heavy atom. The number of hydrogen-bond acceptors (Lipinski definition) is 8. The summed E-state index contributed by atoms with van der Waals surface area (Å²) >= 11 is 6.57. The van der Waals surface area contributed by atoms with Crippen molar-refractivity contribution in [3.05, 3.63) is 68.6 Å². The average Bonchev–Trinajstić information content (AvgIpc) is 3.05. The SMILES string of the molecule is CCCCN1C(=O)C(=Cc2ccc(OC(=O)c3ccc([N+](=O)[O-])cc3)c(OC)c2)SC1=S. The Hall–Kier alpha value is -3.24. The van der Waals surface area contributed by atoms with Gasteiger partial charge >= 0.3 is 5.97 Å². The predicted octanol–water partition coefficient (Wildman–Crippen LogP) is 4.82. The molecule has 1 amide bonds. The van der Waals surface area contributed by atoms with Crippen LogP contribution in [-0.4, -0.2) is 39.7 Å². The molecule has 1 saturated heterocycles. The first-order valence-electron chi connectivity index (χ1n) is 9.74. The summed E-state index contributed by atoms with van der Waals surface area (Å²) in [6.07, 6.45) is 3.56. The normalized spacial score (nSPS) is 14.7. The molecule has 0 unspecified atom stereocenters. The number of carbonyl (C=O) groups is 2. The van der Waals surface area contributed by atoms with Crippen LogP contribution in [0.25, 0.3) is 6.08 Å². The van der Waals surface area contributed by atoms with Gasteiger partial charge in [0.1, 0.15) is 4.32 Å². The molecular weight excluding hydrogens is 452 g/mol. The largest absolute Gasteiger partial charge is 0.493 e. The molecule has 0 N–H and O–H groups in total. The lowest BCUT2D eigenvalue weighted by atomic mass is 10.1. The molecule has 0 aliphatic carbocycles. The summed E-state index contributed by atoms with van der Waals surface area (Å²) in [5.41, 5.74) is 0.731. The van der Waals surface area contributed by atoms with Gasteiger partial charge in [0, 0.05) is 18.7 Å². The Bertz CT molecular complexity index is 1100. The van der Waals surface area contributed by atoms with Gasteiger partial charge in [0.25, 0.3) is 11.6 Å². The molecule has 0 aromatic heterocycles. The molecule has 0 atom stereocenters. The highest BCUT2D eigenvalue weighted by molar-refractivity contribution is 8.26. The van der Waals surface area contributed by atoms with Crippen molar-refractivity contribution < 1.29 is 24.0 Å². The number of benzene rings is 2. The van der Waals surface area contributed by atoms with Crippen LogP contribution in [0.15, 0.2) is 47.4 Å². The number of methoxy groups -OCH3 is 1. The van der Waals surface area contributed by atoms with E-state index in [0.29, 0.717) is 27.1 Å². The van der Waals surface area contributed by atoms with Gasteiger partial charge in [-0.2, -0.15) is 0 Å². The molecule has 0 bridgehead atoms. The smallest absolute Gasteiger partial charge is 0.343 e. The number of non-ortho nitro benzene ring substituents is 1.